The lowest BCUT2D eigenvalue weighted by molar-refractivity contribution is -0.143. The number of amides is 1. The van der Waals surface area contributed by atoms with E-state index in [2.05, 4.69) is 0 Å². The highest BCUT2D eigenvalue weighted by atomic mass is 19.2. The number of aliphatic carboxylic acids is 1. The fourth-order valence-corrected chi connectivity index (χ4v) is 1.55. The van der Waals surface area contributed by atoms with Gasteiger partial charge in [-0.25, -0.2) is 18.4 Å². The number of rotatable bonds is 5. The topological polar surface area (TPSA) is 76.1 Å². The Morgan fingerprint density at radius 3 is 2.35 bits per heavy atom. The van der Waals surface area contributed by atoms with Gasteiger partial charge in [-0.2, -0.15) is 0 Å². The number of ether oxygens (including phenoxy) is 2. The van der Waals surface area contributed by atoms with E-state index in [0.29, 0.717) is 0 Å². The first-order valence-corrected chi connectivity index (χ1v) is 6.77. The van der Waals surface area contributed by atoms with Crippen molar-refractivity contribution in [1.29, 1.82) is 0 Å². The highest BCUT2D eigenvalue weighted by Crippen LogP contribution is 2.17. The minimum Gasteiger partial charge on any atom is -0.491 e. The van der Waals surface area contributed by atoms with Gasteiger partial charge in [-0.1, -0.05) is 0 Å². The first kappa shape index (κ1) is 18.7. The van der Waals surface area contributed by atoms with E-state index >= 15 is 0 Å². The maximum Gasteiger partial charge on any atom is 0.410 e. The molecule has 0 bridgehead atoms. The summed E-state index contributed by atoms with van der Waals surface area (Å²) in [5.74, 6) is -3.53. The summed E-state index contributed by atoms with van der Waals surface area (Å²) in [6, 6.07) is 1.46. The van der Waals surface area contributed by atoms with Crippen LogP contribution < -0.4 is 4.74 Å². The van der Waals surface area contributed by atoms with Gasteiger partial charge in [-0.15, -0.1) is 0 Å². The van der Waals surface area contributed by atoms with Crippen LogP contribution in [0.2, 0.25) is 0 Å². The van der Waals surface area contributed by atoms with Crippen molar-refractivity contribution in [2.24, 2.45) is 0 Å². The second-order valence-electron chi connectivity index (χ2n) is 5.83. The fourth-order valence-electron chi connectivity index (χ4n) is 1.55. The van der Waals surface area contributed by atoms with E-state index in [1.54, 1.807) is 20.8 Å². The number of carboxylic acid groups (broad SMARTS) is 1. The lowest BCUT2D eigenvalue weighted by Crippen LogP contribution is -2.47. The average molecular weight is 331 g/mol. The van der Waals surface area contributed by atoms with Crippen molar-refractivity contribution >= 4 is 12.1 Å². The van der Waals surface area contributed by atoms with Crippen LogP contribution in [0, 0.1) is 11.6 Å². The van der Waals surface area contributed by atoms with Crippen molar-refractivity contribution in [1.82, 2.24) is 4.90 Å². The number of hydrogen-bond acceptors (Lipinski definition) is 4. The van der Waals surface area contributed by atoms with Crippen molar-refractivity contribution in [2.75, 3.05) is 13.7 Å². The van der Waals surface area contributed by atoms with Crippen molar-refractivity contribution in [3.8, 4) is 5.75 Å². The molecule has 1 N–H and O–H groups in total. The van der Waals surface area contributed by atoms with Crippen LogP contribution >= 0.6 is 0 Å². The minimum atomic E-state index is -1.35. The minimum absolute atomic E-state index is 0.0484. The van der Waals surface area contributed by atoms with Gasteiger partial charge in [-0.3, -0.25) is 4.90 Å². The second kappa shape index (κ2) is 7.26. The largest absolute Gasteiger partial charge is 0.491 e. The molecule has 1 atom stereocenters. The molecule has 0 spiro atoms. The third-order valence-corrected chi connectivity index (χ3v) is 2.73. The van der Waals surface area contributed by atoms with Crippen LogP contribution in [-0.4, -0.2) is 47.4 Å². The maximum atomic E-state index is 13.1. The molecule has 0 fully saturated rings. The van der Waals surface area contributed by atoms with E-state index in [0.717, 1.165) is 23.1 Å². The van der Waals surface area contributed by atoms with E-state index in [4.69, 9.17) is 9.47 Å². The lowest BCUT2D eigenvalue weighted by Gasteiger charge is -2.28. The van der Waals surface area contributed by atoms with Crippen LogP contribution in [-0.2, 0) is 9.53 Å². The van der Waals surface area contributed by atoms with Crippen LogP contribution in [0.5, 0.6) is 5.75 Å². The number of nitrogens with zero attached hydrogens (tertiary/aromatic N) is 1. The number of carbonyl (C=O) groups excluding carboxylic acids is 1. The Kier molecular flexibility index (Phi) is 5.89. The van der Waals surface area contributed by atoms with Gasteiger partial charge in [0.15, 0.2) is 17.7 Å². The Morgan fingerprint density at radius 1 is 1.26 bits per heavy atom. The summed E-state index contributed by atoms with van der Waals surface area (Å²) in [4.78, 5) is 24.0. The number of hydrogen-bond donors (Lipinski definition) is 1. The standard InChI is InChI=1S/C15H19F2NO5/c1-15(2,3)23-14(21)18(4)12(13(19)20)8-22-9-5-6-10(16)11(17)7-9/h5-7,12H,8H2,1-4H3,(H,19,20)/t12-/m0/s1. The fraction of sp³-hybridized carbons (Fsp3) is 0.467. The SMILES string of the molecule is CN(C(=O)OC(C)(C)C)[C@@H](COc1ccc(F)c(F)c1)C(=O)O. The Bertz CT molecular complexity index is 586. The van der Waals surface area contributed by atoms with Crippen LogP contribution in [0.3, 0.4) is 0 Å². The Morgan fingerprint density at radius 2 is 1.87 bits per heavy atom. The first-order valence-electron chi connectivity index (χ1n) is 6.77. The van der Waals surface area contributed by atoms with Gasteiger partial charge in [-0.05, 0) is 32.9 Å². The molecular weight excluding hydrogens is 312 g/mol. The molecule has 1 rings (SSSR count). The lowest BCUT2D eigenvalue weighted by atomic mass is 10.2. The third kappa shape index (κ3) is 5.72. The summed E-state index contributed by atoms with van der Waals surface area (Å²) in [7, 11) is 1.25. The summed E-state index contributed by atoms with van der Waals surface area (Å²) in [5.41, 5.74) is -0.782. The number of benzene rings is 1. The van der Waals surface area contributed by atoms with Crippen LogP contribution in [0.25, 0.3) is 0 Å². The van der Waals surface area contributed by atoms with Gasteiger partial charge in [0.2, 0.25) is 0 Å². The summed E-state index contributed by atoms with van der Waals surface area (Å²) in [6.07, 6.45) is -0.834. The number of carboxylic acids is 1. The third-order valence-electron chi connectivity index (χ3n) is 2.73. The van der Waals surface area contributed by atoms with Gasteiger partial charge in [0, 0.05) is 13.1 Å². The van der Waals surface area contributed by atoms with E-state index < -0.39 is 41.9 Å². The molecule has 1 aromatic carbocycles. The molecule has 0 aliphatic heterocycles. The predicted octanol–water partition coefficient (Wildman–Crippen LogP) is 2.66. The van der Waals surface area contributed by atoms with Crippen molar-refractivity contribution in [2.45, 2.75) is 32.4 Å². The number of halogens is 2. The van der Waals surface area contributed by atoms with E-state index in [1.165, 1.54) is 7.05 Å². The monoisotopic (exact) mass is 331 g/mol. The van der Waals surface area contributed by atoms with Crippen molar-refractivity contribution in [3.63, 3.8) is 0 Å². The summed E-state index contributed by atoms with van der Waals surface area (Å²) < 4.78 is 36.1. The molecule has 1 aromatic rings. The predicted molar refractivity (Wildman–Crippen MR) is 77.3 cm³/mol. The molecule has 0 aliphatic rings. The smallest absolute Gasteiger partial charge is 0.410 e. The normalized spacial score (nSPS) is 12.4. The molecule has 0 saturated carbocycles. The molecule has 23 heavy (non-hydrogen) atoms. The van der Waals surface area contributed by atoms with Gasteiger partial charge in [0.1, 0.15) is 18.0 Å². The second-order valence-corrected chi connectivity index (χ2v) is 5.83. The highest BCUT2D eigenvalue weighted by Gasteiger charge is 2.30. The number of likely N-dealkylation sites (N-methyl/N-ethyl adjacent to an activating group) is 1. The molecule has 0 saturated heterocycles. The molecular formula is C15H19F2NO5. The number of carbonyl (C=O) groups is 2. The maximum absolute atomic E-state index is 13.1. The Hall–Kier alpha value is -2.38. The van der Waals surface area contributed by atoms with Crippen LogP contribution in [0.4, 0.5) is 13.6 Å². The van der Waals surface area contributed by atoms with E-state index in [-0.39, 0.29) is 5.75 Å². The molecule has 0 heterocycles. The average Bonchev–Trinajstić information content (AvgIpc) is 2.40. The molecule has 0 aromatic heterocycles. The van der Waals surface area contributed by atoms with Crippen molar-refractivity contribution in [3.05, 3.63) is 29.8 Å². The summed E-state index contributed by atoms with van der Waals surface area (Å²) >= 11 is 0. The highest BCUT2D eigenvalue weighted by molar-refractivity contribution is 5.80. The Labute approximate surface area is 132 Å². The summed E-state index contributed by atoms with van der Waals surface area (Å²) in [6.45, 7) is 4.49. The van der Waals surface area contributed by atoms with Gasteiger partial charge in [0.25, 0.3) is 0 Å². The molecule has 128 valence electrons. The quantitative estimate of drug-likeness (QED) is 0.898. The van der Waals surface area contributed by atoms with Crippen LogP contribution in [0.1, 0.15) is 20.8 Å². The summed E-state index contributed by atoms with van der Waals surface area (Å²) in [5, 5.41) is 9.20. The zero-order valence-corrected chi connectivity index (χ0v) is 13.3. The van der Waals surface area contributed by atoms with Gasteiger partial charge in [0.05, 0.1) is 0 Å². The van der Waals surface area contributed by atoms with E-state index in [9.17, 15) is 23.5 Å². The van der Waals surface area contributed by atoms with Gasteiger partial charge < -0.3 is 14.6 Å². The zero-order chi connectivity index (χ0) is 17.8. The zero-order valence-electron chi connectivity index (χ0n) is 13.3. The molecule has 0 unspecified atom stereocenters. The molecule has 0 aliphatic carbocycles. The Balaban J connectivity index is 2.76. The first-order chi connectivity index (χ1) is 10.5. The van der Waals surface area contributed by atoms with E-state index in [1.807, 2.05) is 0 Å². The molecule has 8 heteroatoms. The van der Waals surface area contributed by atoms with Crippen molar-refractivity contribution < 1.29 is 33.0 Å². The molecule has 6 nitrogen and oxygen atoms in total. The van der Waals surface area contributed by atoms with Crippen LogP contribution in [0.15, 0.2) is 18.2 Å². The molecule has 0 radical (unpaired) electrons. The van der Waals surface area contributed by atoms with Gasteiger partial charge >= 0.3 is 12.1 Å². The molecule has 1 amide bonds.